The number of carbonyl (C=O) groups is 2. The van der Waals surface area contributed by atoms with Crippen molar-refractivity contribution in [2.75, 3.05) is 13.2 Å². The fourth-order valence-electron chi connectivity index (χ4n) is 5.40. The van der Waals surface area contributed by atoms with E-state index in [2.05, 4.69) is 24.3 Å². The minimum atomic E-state index is -1.22. The third-order valence-corrected chi connectivity index (χ3v) is 7.11. The van der Waals surface area contributed by atoms with Crippen molar-refractivity contribution in [2.45, 2.75) is 37.1 Å². The van der Waals surface area contributed by atoms with E-state index in [1.54, 1.807) is 0 Å². The Morgan fingerprint density at radius 3 is 2.15 bits per heavy atom. The normalized spacial score (nSPS) is 19.2. The molecule has 5 rings (SSSR count). The number of carboxylic acids is 1. The van der Waals surface area contributed by atoms with Gasteiger partial charge in [-0.05, 0) is 53.5 Å². The van der Waals surface area contributed by atoms with Gasteiger partial charge in [0.25, 0.3) is 0 Å². The Morgan fingerprint density at radius 2 is 1.52 bits per heavy atom. The van der Waals surface area contributed by atoms with Crippen molar-refractivity contribution in [3.05, 3.63) is 95.6 Å². The molecule has 3 aromatic carbocycles. The Labute approximate surface area is 193 Å². The largest absolute Gasteiger partial charge is 0.479 e. The number of aliphatic carboxylic acids is 1. The molecule has 2 aliphatic rings. The maximum atomic E-state index is 13.2. The van der Waals surface area contributed by atoms with Gasteiger partial charge in [-0.25, -0.2) is 9.59 Å². The molecule has 3 aromatic rings. The summed E-state index contributed by atoms with van der Waals surface area (Å²) in [5.74, 6) is -1.00. The van der Waals surface area contributed by atoms with E-state index in [0.29, 0.717) is 32.2 Å². The number of nitrogens with zero attached hydrogens (tertiary/aromatic N) is 1. The zero-order chi connectivity index (χ0) is 22.8. The van der Waals surface area contributed by atoms with Gasteiger partial charge in [0, 0.05) is 12.5 Å². The minimum absolute atomic E-state index is 0.0486. The van der Waals surface area contributed by atoms with Crippen LogP contribution in [0.4, 0.5) is 4.79 Å². The Kier molecular flexibility index (Phi) is 5.63. The second-order valence-corrected chi connectivity index (χ2v) is 8.88. The molecule has 1 N–H and O–H groups in total. The standard InChI is InChI=1S/C28H27NO4/c30-26(31)28(17-15-20-9-2-1-3-10-20)16-8-18-29(28)27(32)33-19-25-23-13-6-4-11-21(23)22-12-5-7-14-24(22)25/h1-7,9-14,25H,8,15-19H2,(H,30,31)/t28-/m0/s1. The smallest absolute Gasteiger partial charge is 0.410 e. The van der Waals surface area contributed by atoms with Gasteiger partial charge in [0.15, 0.2) is 0 Å². The van der Waals surface area contributed by atoms with E-state index in [1.165, 1.54) is 4.90 Å². The lowest BCUT2D eigenvalue weighted by Gasteiger charge is -2.34. The summed E-state index contributed by atoms with van der Waals surface area (Å²) in [6.45, 7) is 0.593. The molecule has 5 heteroatoms. The first-order valence-corrected chi connectivity index (χ1v) is 11.5. The number of aryl methyl sites for hydroxylation is 1. The molecule has 1 heterocycles. The van der Waals surface area contributed by atoms with Crippen LogP contribution in [0, 0.1) is 0 Å². The average molecular weight is 442 g/mol. The van der Waals surface area contributed by atoms with E-state index in [-0.39, 0.29) is 12.5 Å². The Morgan fingerprint density at radius 1 is 0.909 bits per heavy atom. The molecule has 0 saturated carbocycles. The van der Waals surface area contributed by atoms with Gasteiger partial charge in [0.05, 0.1) is 0 Å². The third-order valence-electron chi connectivity index (χ3n) is 7.11. The topological polar surface area (TPSA) is 66.8 Å². The van der Waals surface area contributed by atoms with Crippen LogP contribution in [-0.2, 0) is 16.0 Å². The molecule has 1 atom stereocenters. The van der Waals surface area contributed by atoms with Gasteiger partial charge >= 0.3 is 12.1 Å². The van der Waals surface area contributed by atoms with Crippen LogP contribution in [0.5, 0.6) is 0 Å². The number of likely N-dealkylation sites (tertiary alicyclic amines) is 1. The summed E-state index contributed by atoms with van der Waals surface area (Å²) in [6, 6.07) is 26.2. The summed E-state index contributed by atoms with van der Waals surface area (Å²) < 4.78 is 5.80. The maximum Gasteiger partial charge on any atom is 0.410 e. The first kappa shape index (κ1) is 21.3. The van der Waals surface area contributed by atoms with Gasteiger partial charge in [0.2, 0.25) is 0 Å². The van der Waals surface area contributed by atoms with Crippen molar-refractivity contribution in [1.29, 1.82) is 0 Å². The van der Waals surface area contributed by atoms with Crippen molar-refractivity contribution in [3.8, 4) is 11.1 Å². The Bertz CT molecular complexity index is 1130. The van der Waals surface area contributed by atoms with Gasteiger partial charge in [-0.3, -0.25) is 4.90 Å². The molecule has 1 fully saturated rings. The molecule has 0 spiro atoms. The van der Waals surface area contributed by atoms with Crippen LogP contribution in [0.3, 0.4) is 0 Å². The second kappa shape index (κ2) is 8.74. The molecule has 1 aliphatic heterocycles. The summed E-state index contributed by atoms with van der Waals surface area (Å²) in [4.78, 5) is 27.0. The van der Waals surface area contributed by atoms with Crippen LogP contribution in [0.1, 0.15) is 41.9 Å². The molecule has 0 bridgehead atoms. The number of carbonyl (C=O) groups excluding carboxylic acids is 1. The number of carboxylic acid groups (broad SMARTS) is 1. The lowest BCUT2D eigenvalue weighted by molar-refractivity contribution is -0.149. The Balaban J connectivity index is 1.33. The number of hydrogen-bond acceptors (Lipinski definition) is 3. The first-order valence-electron chi connectivity index (χ1n) is 11.5. The fraction of sp³-hybridized carbons (Fsp3) is 0.286. The van der Waals surface area contributed by atoms with Gasteiger partial charge in [0.1, 0.15) is 12.1 Å². The average Bonchev–Trinajstić information content (AvgIpc) is 3.42. The number of amides is 1. The van der Waals surface area contributed by atoms with E-state index in [1.807, 2.05) is 54.6 Å². The lowest BCUT2D eigenvalue weighted by atomic mass is 9.88. The molecule has 33 heavy (non-hydrogen) atoms. The molecule has 1 aliphatic carbocycles. The summed E-state index contributed by atoms with van der Waals surface area (Å²) in [7, 11) is 0. The highest BCUT2D eigenvalue weighted by Crippen LogP contribution is 2.44. The zero-order valence-corrected chi connectivity index (χ0v) is 18.4. The van der Waals surface area contributed by atoms with Gasteiger partial charge in [-0.2, -0.15) is 0 Å². The van der Waals surface area contributed by atoms with Crippen LogP contribution < -0.4 is 0 Å². The predicted octanol–water partition coefficient (Wildman–Crippen LogP) is 5.49. The quantitative estimate of drug-likeness (QED) is 0.549. The molecule has 0 radical (unpaired) electrons. The summed E-state index contributed by atoms with van der Waals surface area (Å²) >= 11 is 0. The summed E-state index contributed by atoms with van der Waals surface area (Å²) in [5, 5.41) is 10.2. The van der Waals surface area contributed by atoms with E-state index < -0.39 is 17.6 Å². The lowest BCUT2D eigenvalue weighted by Crippen LogP contribution is -2.53. The second-order valence-electron chi connectivity index (χ2n) is 8.88. The molecule has 1 amide bonds. The summed E-state index contributed by atoms with van der Waals surface area (Å²) in [5.41, 5.74) is 4.45. The van der Waals surface area contributed by atoms with Crippen LogP contribution in [0.2, 0.25) is 0 Å². The molecule has 0 unspecified atom stereocenters. The molecule has 168 valence electrons. The van der Waals surface area contributed by atoms with Crippen molar-refractivity contribution >= 4 is 12.1 Å². The molecular weight excluding hydrogens is 414 g/mol. The fourth-order valence-corrected chi connectivity index (χ4v) is 5.40. The minimum Gasteiger partial charge on any atom is -0.479 e. The maximum absolute atomic E-state index is 13.2. The van der Waals surface area contributed by atoms with E-state index in [4.69, 9.17) is 4.74 Å². The monoisotopic (exact) mass is 441 g/mol. The first-order chi connectivity index (χ1) is 16.1. The van der Waals surface area contributed by atoms with Crippen molar-refractivity contribution in [2.24, 2.45) is 0 Å². The number of ether oxygens (including phenoxy) is 1. The van der Waals surface area contributed by atoms with Crippen molar-refractivity contribution in [1.82, 2.24) is 4.90 Å². The van der Waals surface area contributed by atoms with Gasteiger partial charge in [-0.1, -0.05) is 78.9 Å². The van der Waals surface area contributed by atoms with Gasteiger partial charge < -0.3 is 9.84 Å². The number of fused-ring (bicyclic) bond motifs is 3. The van der Waals surface area contributed by atoms with Crippen LogP contribution in [-0.4, -0.2) is 40.8 Å². The molecule has 5 nitrogen and oxygen atoms in total. The van der Waals surface area contributed by atoms with Crippen LogP contribution >= 0.6 is 0 Å². The van der Waals surface area contributed by atoms with E-state index in [0.717, 1.165) is 27.8 Å². The summed E-state index contributed by atoms with van der Waals surface area (Å²) in [6.07, 6.45) is 1.53. The predicted molar refractivity (Wildman–Crippen MR) is 126 cm³/mol. The highest BCUT2D eigenvalue weighted by molar-refractivity contribution is 5.85. The van der Waals surface area contributed by atoms with E-state index >= 15 is 0 Å². The van der Waals surface area contributed by atoms with Crippen LogP contribution in [0.15, 0.2) is 78.9 Å². The number of rotatable bonds is 6. The molecule has 1 saturated heterocycles. The highest BCUT2D eigenvalue weighted by atomic mass is 16.6. The number of benzene rings is 3. The van der Waals surface area contributed by atoms with Crippen molar-refractivity contribution in [3.63, 3.8) is 0 Å². The highest BCUT2D eigenvalue weighted by Gasteiger charge is 2.50. The molecule has 0 aromatic heterocycles. The zero-order valence-electron chi connectivity index (χ0n) is 18.4. The van der Waals surface area contributed by atoms with Gasteiger partial charge in [-0.15, -0.1) is 0 Å². The third kappa shape index (κ3) is 3.78. The van der Waals surface area contributed by atoms with Crippen LogP contribution in [0.25, 0.3) is 11.1 Å². The Hall–Kier alpha value is -3.60. The number of hydrogen-bond donors (Lipinski definition) is 1. The molecular formula is C28H27NO4. The SMILES string of the molecule is O=C(OCC1c2ccccc2-c2ccccc21)N1CCC[C@]1(CCc1ccccc1)C(=O)O. The van der Waals surface area contributed by atoms with E-state index in [9.17, 15) is 14.7 Å². The van der Waals surface area contributed by atoms with Crippen molar-refractivity contribution < 1.29 is 19.4 Å².